The highest BCUT2D eigenvalue weighted by Gasteiger charge is 2.31. The Morgan fingerprint density at radius 1 is 1.29 bits per heavy atom. The fourth-order valence-corrected chi connectivity index (χ4v) is 2.57. The average molecular weight is 318 g/mol. The third-order valence-electron chi connectivity index (χ3n) is 2.94. The molecule has 0 aliphatic heterocycles. The van der Waals surface area contributed by atoms with Gasteiger partial charge >= 0.3 is 5.30 Å². The minimum Gasteiger partial charge on any atom is -0.450 e. The van der Waals surface area contributed by atoms with Crippen LogP contribution >= 0.6 is 11.8 Å². The number of ether oxygens (including phenoxy) is 2. The van der Waals surface area contributed by atoms with Gasteiger partial charge in [0.15, 0.2) is 0 Å². The summed E-state index contributed by atoms with van der Waals surface area (Å²) in [6.07, 6.45) is 1.24. The smallest absolute Gasteiger partial charge is 0.367 e. The molecule has 2 N–H and O–H groups in total. The molecule has 0 bridgehead atoms. The van der Waals surface area contributed by atoms with E-state index in [1.54, 1.807) is 12.2 Å². The fourth-order valence-electron chi connectivity index (χ4n) is 2.14. The number of aliphatic hydroxyl groups is 2. The second kappa shape index (κ2) is 8.17. The molecule has 4 unspecified atom stereocenters. The van der Waals surface area contributed by atoms with Crippen molar-refractivity contribution in [1.29, 1.82) is 0 Å². The minimum atomic E-state index is -0.798. The summed E-state index contributed by atoms with van der Waals surface area (Å²) in [5.41, 5.74) is -0.418. The molecule has 4 atom stereocenters. The van der Waals surface area contributed by atoms with Gasteiger partial charge in [-0.05, 0) is 38.6 Å². The van der Waals surface area contributed by atoms with Gasteiger partial charge in [0.05, 0.1) is 23.9 Å². The third-order valence-corrected chi connectivity index (χ3v) is 3.56. The van der Waals surface area contributed by atoms with Gasteiger partial charge in [-0.2, -0.15) is 0 Å². The zero-order valence-electron chi connectivity index (χ0n) is 13.1. The molecule has 6 heteroatoms. The van der Waals surface area contributed by atoms with Crippen LogP contribution in [0, 0.1) is 0 Å². The van der Waals surface area contributed by atoms with Gasteiger partial charge in [-0.25, -0.2) is 4.79 Å². The number of rotatable bonds is 3. The van der Waals surface area contributed by atoms with Crippen LogP contribution in [0.5, 0.6) is 0 Å². The Morgan fingerprint density at radius 2 is 1.95 bits per heavy atom. The standard InChI is InChI=1S/C15H26O5S/c1-5-21-14(18)19-11-7-6-10(16)8-13(12(17)9-11)20-15(2,3)4/h6-7,10-13,16-17H,5,8-9H2,1-4H3/b7-6+. The van der Waals surface area contributed by atoms with Crippen molar-refractivity contribution in [3.63, 3.8) is 0 Å². The van der Waals surface area contributed by atoms with Gasteiger partial charge in [0, 0.05) is 18.6 Å². The summed E-state index contributed by atoms with van der Waals surface area (Å²) in [4.78, 5) is 11.5. The topological polar surface area (TPSA) is 76.0 Å². The van der Waals surface area contributed by atoms with E-state index in [9.17, 15) is 15.0 Å². The van der Waals surface area contributed by atoms with E-state index in [-0.39, 0.29) is 11.7 Å². The van der Waals surface area contributed by atoms with Crippen molar-refractivity contribution in [2.24, 2.45) is 0 Å². The van der Waals surface area contributed by atoms with Crippen LogP contribution in [0.3, 0.4) is 0 Å². The lowest BCUT2D eigenvalue weighted by molar-refractivity contribution is -0.128. The van der Waals surface area contributed by atoms with E-state index in [2.05, 4.69) is 0 Å². The fraction of sp³-hybridized carbons (Fsp3) is 0.800. The molecule has 0 aromatic rings. The Labute approximate surface area is 130 Å². The Bertz CT molecular complexity index is 364. The van der Waals surface area contributed by atoms with Gasteiger partial charge in [-0.1, -0.05) is 13.0 Å². The highest BCUT2D eigenvalue weighted by molar-refractivity contribution is 8.13. The van der Waals surface area contributed by atoms with E-state index in [0.29, 0.717) is 12.2 Å². The molecule has 5 nitrogen and oxygen atoms in total. The SMILES string of the molecule is CCSC(=O)OC1/C=C/C(O)CC(OC(C)(C)C)C(O)C1. The van der Waals surface area contributed by atoms with Crippen LogP contribution in [0.4, 0.5) is 4.79 Å². The summed E-state index contributed by atoms with van der Waals surface area (Å²) in [5, 5.41) is 19.9. The van der Waals surface area contributed by atoms with Gasteiger partial charge in [-0.3, -0.25) is 0 Å². The quantitative estimate of drug-likeness (QED) is 0.615. The Balaban J connectivity index is 2.73. The van der Waals surface area contributed by atoms with Crippen LogP contribution in [0.15, 0.2) is 12.2 Å². The lowest BCUT2D eigenvalue weighted by Crippen LogP contribution is -2.41. The summed E-state index contributed by atoms with van der Waals surface area (Å²) in [5.74, 6) is 0.635. The van der Waals surface area contributed by atoms with E-state index in [1.807, 2.05) is 27.7 Å². The maximum atomic E-state index is 11.5. The molecule has 0 aromatic carbocycles. The molecule has 0 heterocycles. The summed E-state index contributed by atoms with van der Waals surface area (Å²) < 4.78 is 11.1. The highest BCUT2D eigenvalue weighted by atomic mass is 32.2. The van der Waals surface area contributed by atoms with E-state index in [1.165, 1.54) is 0 Å². The summed E-state index contributed by atoms with van der Waals surface area (Å²) in [6, 6.07) is 0. The van der Waals surface area contributed by atoms with Crippen LogP contribution < -0.4 is 0 Å². The molecule has 1 aliphatic carbocycles. The highest BCUT2D eigenvalue weighted by Crippen LogP contribution is 2.24. The summed E-state index contributed by atoms with van der Waals surface area (Å²) >= 11 is 1.08. The zero-order chi connectivity index (χ0) is 16.0. The van der Waals surface area contributed by atoms with Crippen molar-refractivity contribution in [3.8, 4) is 0 Å². The maximum absolute atomic E-state index is 11.5. The first kappa shape index (κ1) is 18.5. The Morgan fingerprint density at radius 3 is 2.52 bits per heavy atom. The monoisotopic (exact) mass is 318 g/mol. The van der Waals surface area contributed by atoms with Gasteiger partial charge in [0.25, 0.3) is 0 Å². The van der Waals surface area contributed by atoms with Crippen LogP contribution in [0.2, 0.25) is 0 Å². The van der Waals surface area contributed by atoms with E-state index in [4.69, 9.17) is 9.47 Å². The second-order valence-corrected chi connectivity index (χ2v) is 7.30. The van der Waals surface area contributed by atoms with Gasteiger partial charge < -0.3 is 19.7 Å². The largest absolute Gasteiger partial charge is 0.450 e. The van der Waals surface area contributed by atoms with Crippen LogP contribution in [-0.2, 0) is 9.47 Å². The van der Waals surface area contributed by atoms with Crippen molar-refractivity contribution in [2.75, 3.05) is 5.75 Å². The van der Waals surface area contributed by atoms with Gasteiger partial charge in [0.1, 0.15) is 6.10 Å². The van der Waals surface area contributed by atoms with Gasteiger partial charge in [0.2, 0.25) is 0 Å². The molecular weight excluding hydrogens is 292 g/mol. The Hall–Kier alpha value is -0.560. The van der Waals surface area contributed by atoms with E-state index in [0.717, 1.165) is 11.8 Å². The summed E-state index contributed by atoms with van der Waals surface area (Å²) in [7, 11) is 0. The Kier molecular flexibility index (Phi) is 7.20. The first-order valence-corrected chi connectivity index (χ1v) is 8.25. The lowest BCUT2D eigenvalue weighted by atomic mass is 9.96. The van der Waals surface area contributed by atoms with Crippen LogP contribution in [-0.4, -0.2) is 51.3 Å². The zero-order valence-corrected chi connectivity index (χ0v) is 13.9. The van der Waals surface area contributed by atoms with Crippen molar-refractivity contribution >= 4 is 17.1 Å². The van der Waals surface area contributed by atoms with Gasteiger partial charge in [-0.15, -0.1) is 0 Å². The molecular formula is C15H26O5S. The molecule has 1 rings (SSSR count). The normalized spacial score (nSPS) is 32.1. The minimum absolute atomic E-state index is 0.264. The number of hydrogen-bond acceptors (Lipinski definition) is 6. The van der Waals surface area contributed by atoms with Crippen molar-refractivity contribution in [2.45, 2.75) is 70.6 Å². The molecule has 0 aromatic heterocycles. The number of aliphatic hydroxyl groups excluding tert-OH is 2. The lowest BCUT2D eigenvalue weighted by Gasteiger charge is -2.33. The van der Waals surface area contributed by atoms with Crippen LogP contribution in [0.25, 0.3) is 0 Å². The predicted molar refractivity (Wildman–Crippen MR) is 83.4 cm³/mol. The number of carbonyl (C=O) groups excluding carboxylic acids is 1. The number of thioether (sulfide) groups is 1. The predicted octanol–water partition coefficient (Wildman–Crippen LogP) is 2.50. The maximum Gasteiger partial charge on any atom is 0.367 e. The molecule has 122 valence electrons. The molecule has 21 heavy (non-hydrogen) atoms. The molecule has 0 amide bonds. The van der Waals surface area contributed by atoms with Crippen molar-refractivity contribution in [1.82, 2.24) is 0 Å². The third kappa shape index (κ3) is 7.31. The number of carbonyl (C=O) groups is 1. The first-order valence-electron chi connectivity index (χ1n) is 7.27. The average Bonchev–Trinajstić information content (AvgIpc) is 2.32. The molecule has 1 aliphatic rings. The molecule has 0 saturated heterocycles. The molecule has 0 fully saturated rings. The van der Waals surface area contributed by atoms with Crippen molar-refractivity contribution < 1.29 is 24.5 Å². The molecule has 0 spiro atoms. The van der Waals surface area contributed by atoms with E-state index >= 15 is 0 Å². The molecule has 0 saturated carbocycles. The summed E-state index contributed by atoms with van der Waals surface area (Å²) in [6.45, 7) is 7.56. The van der Waals surface area contributed by atoms with Crippen molar-refractivity contribution in [3.05, 3.63) is 12.2 Å². The first-order chi connectivity index (χ1) is 9.71. The number of hydrogen-bond donors (Lipinski definition) is 2. The van der Waals surface area contributed by atoms with Crippen LogP contribution in [0.1, 0.15) is 40.5 Å². The second-order valence-electron chi connectivity index (χ2n) is 6.10. The molecule has 0 radical (unpaired) electrons. The van der Waals surface area contributed by atoms with E-state index < -0.39 is 30.0 Å².